The average Bonchev–Trinajstić information content (AvgIpc) is 2.92. The highest BCUT2D eigenvalue weighted by Crippen LogP contribution is 2.86. The predicted octanol–water partition coefficient (Wildman–Crippen LogP) is 0.164. The smallest absolute Gasteiger partial charge is 0.315 e. The molecule has 3 saturated heterocycles. The van der Waals surface area contributed by atoms with Crippen LogP contribution in [0.5, 0.6) is 0 Å². The van der Waals surface area contributed by atoms with E-state index in [1.54, 1.807) is 0 Å². The molecule has 0 radical (unpaired) electrons. The highest BCUT2D eigenvalue weighted by atomic mass is 16.6. The number of ether oxygens (including phenoxy) is 3. The summed E-state index contributed by atoms with van der Waals surface area (Å²) in [5, 5.41) is 10.5. The number of esters is 2. The average molecular weight is 294 g/mol. The van der Waals surface area contributed by atoms with Gasteiger partial charge in [-0.25, -0.2) is 0 Å². The normalized spacial score (nSPS) is 66.3. The van der Waals surface area contributed by atoms with Gasteiger partial charge in [0, 0.05) is 6.42 Å². The Morgan fingerprint density at radius 1 is 1.24 bits per heavy atom. The van der Waals surface area contributed by atoms with Crippen molar-refractivity contribution in [3.05, 3.63) is 0 Å². The summed E-state index contributed by atoms with van der Waals surface area (Å²) in [5.74, 6) is -0.540. The summed E-state index contributed by atoms with van der Waals surface area (Å²) in [7, 11) is 0. The van der Waals surface area contributed by atoms with E-state index in [0.29, 0.717) is 6.42 Å². The van der Waals surface area contributed by atoms with E-state index < -0.39 is 39.7 Å². The Labute approximate surface area is 121 Å². The summed E-state index contributed by atoms with van der Waals surface area (Å²) in [6, 6.07) is 0. The van der Waals surface area contributed by atoms with Gasteiger partial charge in [0.15, 0.2) is 0 Å². The molecular weight excluding hydrogens is 276 g/mol. The third-order valence-corrected chi connectivity index (χ3v) is 7.72. The molecule has 7 atom stereocenters. The van der Waals surface area contributed by atoms with Gasteiger partial charge in [0.1, 0.15) is 23.2 Å². The molecule has 2 aliphatic carbocycles. The van der Waals surface area contributed by atoms with Crippen LogP contribution in [0.3, 0.4) is 0 Å². The Morgan fingerprint density at radius 3 is 2.67 bits per heavy atom. The van der Waals surface area contributed by atoms with Crippen molar-refractivity contribution in [3.8, 4) is 0 Å². The molecule has 5 aliphatic rings. The molecule has 0 aromatic heterocycles. The van der Waals surface area contributed by atoms with Crippen LogP contribution in [0.15, 0.2) is 0 Å². The van der Waals surface area contributed by atoms with Crippen molar-refractivity contribution >= 4 is 11.9 Å². The summed E-state index contributed by atoms with van der Waals surface area (Å²) in [4.78, 5) is 24.5. The molecule has 5 rings (SSSR count). The summed E-state index contributed by atoms with van der Waals surface area (Å²) in [5.41, 5.74) is -3.79. The molecule has 2 saturated carbocycles. The maximum atomic E-state index is 12.4. The second kappa shape index (κ2) is 2.74. The zero-order valence-electron chi connectivity index (χ0n) is 12.3. The first-order chi connectivity index (χ1) is 9.70. The number of carbonyl (C=O) groups excluding carboxylic acids is 2. The number of cyclic esters (lactones) is 1. The number of aliphatic hydroxyl groups excluding tert-OH is 1. The van der Waals surface area contributed by atoms with Crippen molar-refractivity contribution in [3.63, 3.8) is 0 Å². The second-order valence-electron chi connectivity index (χ2n) is 7.88. The van der Waals surface area contributed by atoms with Crippen molar-refractivity contribution in [1.29, 1.82) is 0 Å². The van der Waals surface area contributed by atoms with Gasteiger partial charge in [0.2, 0.25) is 0 Å². The summed E-state index contributed by atoms with van der Waals surface area (Å²) < 4.78 is 17.3. The van der Waals surface area contributed by atoms with Gasteiger partial charge >= 0.3 is 11.9 Å². The maximum Gasteiger partial charge on any atom is 0.315 e. The topological polar surface area (TPSA) is 82.1 Å². The fraction of sp³-hybridized carbons (Fsp3) is 0.867. The molecule has 0 aromatic rings. The highest BCUT2D eigenvalue weighted by molar-refractivity contribution is 5.86. The number of carbonyl (C=O) groups is 2. The first-order valence-corrected chi connectivity index (χ1v) is 7.45. The van der Waals surface area contributed by atoms with Crippen LogP contribution < -0.4 is 0 Å². The monoisotopic (exact) mass is 294 g/mol. The predicted molar refractivity (Wildman–Crippen MR) is 66.9 cm³/mol. The van der Waals surface area contributed by atoms with Gasteiger partial charge in [-0.15, -0.1) is 0 Å². The quantitative estimate of drug-likeness (QED) is 0.641. The molecule has 3 heterocycles. The van der Waals surface area contributed by atoms with Crippen molar-refractivity contribution in [2.24, 2.45) is 16.2 Å². The number of hydrogen-bond donors (Lipinski definition) is 1. The first kappa shape index (κ1) is 12.4. The van der Waals surface area contributed by atoms with E-state index in [1.165, 1.54) is 0 Å². The molecular formula is C15H18O6. The summed E-state index contributed by atoms with van der Waals surface area (Å²) >= 11 is 0. The van der Waals surface area contributed by atoms with E-state index in [1.807, 2.05) is 20.8 Å². The van der Waals surface area contributed by atoms with Gasteiger partial charge in [-0.1, -0.05) is 6.92 Å². The minimum absolute atomic E-state index is 0.208. The molecule has 1 spiro atoms. The molecule has 114 valence electrons. The molecule has 21 heavy (non-hydrogen) atoms. The lowest BCUT2D eigenvalue weighted by Gasteiger charge is -2.59. The summed E-state index contributed by atoms with van der Waals surface area (Å²) in [6.45, 7) is 5.86. The van der Waals surface area contributed by atoms with Crippen LogP contribution in [-0.2, 0) is 23.8 Å². The van der Waals surface area contributed by atoms with E-state index in [9.17, 15) is 14.7 Å². The molecule has 0 bridgehead atoms. The van der Waals surface area contributed by atoms with Gasteiger partial charge in [-0.05, 0) is 13.8 Å². The molecule has 5 fully saturated rings. The van der Waals surface area contributed by atoms with E-state index in [0.717, 1.165) is 0 Å². The largest absolute Gasteiger partial charge is 0.464 e. The fourth-order valence-corrected chi connectivity index (χ4v) is 6.40. The molecule has 0 amide bonds. The zero-order chi connectivity index (χ0) is 15.1. The van der Waals surface area contributed by atoms with Crippen LogP contribution >= 0.6 is 0 Å². The van der Waals surface area contributed by atoms with Gasteiger partial charge in [-0.3, -0.25) is 9.59 Å². The van der Waals surface area contributed by atoms with E-state index in [-0.39, 0.29) is 25.0 Å². The number of rotatable bonds is 0. The standard InChI is InChI=1S/C15H18O6/c1-11-6-19-10(18)12(11,2)9-14-5-8(17)20-15(11,14)4-7(16)13(14,3)21-9/h7,9,16H,4-6H2,1-3H3/t7?,9-,11+,12-,13?,14?,15-/m1/s1. The Balaban J connectivity index is 1.85. The number of aliphatic hydroxyl groups is 1. The Bertz CT molecular complexity index is 632. The second-order valence-corrected chi connectivity index (χ2v) is 7.88. The van der Waals surface area contributed by atoms with Gasteiger partial charge in [0.25, 0.3) is 0 Å². The molecule has 0 aromatic carbocycles. The van der Waals surface area contributed by atoms with Crippen molar-refractivity contribution in [2.75, 3.05) is 6.61 Å². The van der Waals surface area contributed by atoms with Gasteiger partial charge in [0.05, 0.1) is 29.5 Å². The number of hydrogen-bond acceptors (Lipinski definition) is 6. The van der Waals surface area contributed by atoms with Crippen LogP contribution in [0.1, 0.15) is 33.6 Å². The lowest BCUT2D eigenvalue weighted by Crippen LogP contribution is -2.72. The highest BCUT2D eigenvalue weighted by Gasteiger charge is 2.99. The Hall–Kier alpha value is -1.14. The molecule has 3 aliphatic heterocycles. The zero-order valence-corrected chi connectivity index (χ0v) is 12.3. The third kappa shape index (κ3) is 0.744. The van der Waals surface area contributed by atoms with Crippen LogP contribution in [0.25, 0.3) is 0 Å². The lowest BCUT2D eigenvalue weighted by molar-refractivity contribution is -0.334. The lowest BCUT2D eigenvalue weighted by atomic mass is 9.60. The van der Waals surface area contributed by atoms with E-state index in [4.69, 9.17) is 14.2 Å². The van der Waals surface area contributed by atoms with Crippen molar-refractivity contribution in [1.82, 2.24) is 0 Å². The molecule has 3 unspecified atom stereocenters. The van der Waals surface area contributed by atoms with E-state index >= 15 is 0 Å². The molecule has 1 N–H and O–H groups in total. The number of fused-ring (bicyclic) bond motifs is 2. The van der Waals surface area contributed by atoms with Gasteiger partial charge in [-0.2, -0.15) is 0 Å². The van der Waals surface area contributed by atoms with Crippen molar-refractivity contribution < 1.29 is 28.9 Å². The van der Waals surface area contributed by atoms with Gasteiger partial charge < -0.3 is 19.3 Å². The van der Waals surface area contributed by atoms with E-state index in [2.05, 4.69) is 0 Å². The Kier molecular flexibility index (Phi) is 1.62. The van der Waals surface area contributed by atoms with Crippen LogP contribution in [0, 0.1) is 16.2 Å². The maximum absolute atomic E-state index is 12.4. The fourth-order valence-electron chi connectivity index (χ4n) is 6.40. The van der Waals surface area contributed by atoms with Crippen molar-refractivity contribution in [2.45, 2.75) is 57.0 Å². The Morgan fingerprint density at radius 2 is 1.95 bits per heavy atom. The van der Waals surface area contributed by atoms with Crippen LogP contribution in [-0.4, -0.2) is 47.1 Å². The minimum atomic E-state index is -0.866. The summed E-state index contributed by atoms with van der Waals surface area (Å²) in [6.07, 6.45) is -0.601. The molecule has 6 nitrogen and oxygen atoms in total. The molecule has 6 heteroatoms. The third-order valence-electron chi connectivity index (χ3n) is 7.72. The minimum Gasteiger partial charge on any atom is -0.464 e. The van der Waals surface area contributed by atoms with Crippen LogP contribution in [0.4, 0.5) is 0 Å². The SMILES string of the molecule is CC12O[C@H]3C14CC(=O)O[C@]4(CC2O)[C@@]1(C)COC(=O)[C@@]31C. The van der Waals surface area contributed by atoms with Crippen LogP contribution in [0.2, 0.25) is 0 Å². The first-order valence-electron chi connectivity index (χ1n) is 7.45.